The van der Waals surface area contributed by atoms with Gasteiger partial charge in [-0.05, 0) is 56.8 Å². The lowest BCUT2D eigenvalue weighted by molar-refractivity contribution is 0.214. The van der Waals surface area contributed by atoms with Crippen molar-refractivity contribution in [2.45, 2.75) is 42.4 Å². The van der Waals surface area contributed by atoms with Crippen LogP contribution in [0.25, 0.3) is 0 Å². The summed E-state index contributed by atoms with van der Waals surface area (Å²) in [5, 5.41) is 3.47. The van der Waals surface area contributed by atoms with Crippen LogP contribution in [0.2, 0.25) is 0 Å². The first-order valence-electron chi connectivity index (χ1n) is 6.37. The van der Waals surface area contributed by atoms with Crippen molar-refractivity contribution in [3.63, 3.8) is 0 Å². The molecule has 2 aliphatic heterocycles. The molecule has 1 N–H and O–H groups in total. The molecule has 1 fully saturated rings. The molecule has 2 heterocycles. The van der Waals surface area contributed by atoms with E-state index < -0.39 is 0 Å². The van der Waals surface area contributed by atoms with E-state index in [1.165, 1.54) is 29.8 Å². The summed E-state index contributed by atoms with van der Waals surface area (Å²) in [6, 6.07) is 6.74. The molecule has 1 aromatic rings. The molecule has 0 aliphatic carbocycles. The summed E-state index contributed by atoms with van der Waals surface area (Å²) in [6.45, 7) is 6.52. The summed E-state index contributed by atoms with van der Waals surface area (Å²) in [7, 11) is 0. The Morgan fingerprint density at radius 2 is 2.29 bits per heavy atom. The average Bonchev–Trinajstić information content (AvgIpc) is 2.63. The van der Waals surface area contributed by atoms with Gasteiger partial charge in [0.2, 0.25) is 0 Å². The number of fused-ring (bicyclic) bond motifs is 1. The minimum atomic E-state index is -0.105. The maximum absolute atomic E-state index is 5.97. The Bertz CT molecular complexity index is 424. The number of rotatable bonds is 1. The Hall–Kier alpha value is -0.670. The molecule has 0 bridgehead atoms. The van der Waals surface area contributed by atoms with Crippen LogP contribution in [-0.4, -0.2) is 18.0 Å². The van der Waals surface area contributed by atoms with Gasteiger partial charge in [-0.25, -0.2) is 0 Å². The zero-order chi connectivity index (χ0) is 11.9. The lowest BCUT2D eigenvalue weighted by Gasteiger charge is -2.23. The van der Waals surface area contributed by atoms with Gasteiger partial charge in [0.15, 0.2) is 4.93 Å². The standard InChI is InChI=1S/C14H19NOS/c1-14(2)16-12-8-10(5-6-13(12)17-14)11-4-3-7-15-9-11/h5-6,8,11,15H,3-4,7,9H2,1-2H3. The lowest BCUT2D eigenvalue weighted by Crippen LogP contribution is -2.28. The second kappa shape index (κ2) is 4.21. The maximum atomic E-state index is 5.97. The van der Waals surface area contributed by atoms with Crippen molar-refractivity contribution in [1.82, 2.24) is 5.32 Å². The van der Waals surface area contributed by atoms with Crippen LogP contribution in [0.5, 0.6) is 5.75 Å². The van der Waals surface area contributed by atoms with Crippen LogP contribution in [0.3, 0.4) is 0 Å². The van der Waals surface area contributed by atoms with E-state index in [1.807, 2.05) is 11.8 Å². The molecule has 2 nitrogen and oxygen atoms in total. The van der Waals surface area contributed by atoms with Crippen LogP contribution in [0.4, 0.5) is 0 Å². The van der Waals surface area contributed by atoms with E-state index in [0.717, 1.165) is 12.3 Å². The van der Waals surface area contributed by atoms with E-state index in [-0.39, 0.29) is 4.93 Å². The summed E-state index contributed by atoms with van der Waals surface area (Å²) in [6.07, 6.45) is 2.57. The molecule has 1 aromatic carbocycles. The predicted molar refractivity (Wildman–Crippen MR) is 71.9 cm³/mol. The van der Waals surface area contributed by atoms with Gasteiger partial charge >= 0.3 is 0 Å². The summed E-state index contributed by atoms with van der Waals surface area (Å²) >= 11 is 1.81. The van der Waals surface area contributed by atoms with Gasteiger partial charge in [-0.1, -0.05) is 17.8 Å². The summed E-state index contributed by atoms with van der Waals surface area (Å²) in [4.78, 5) is 1.17. The van der Waals surface area contributed by atoms with E-state index >= 15 is 0 Å². The molecular formula is C14H19NOS. The Kier molecular flexibility index (Phi) is 2.83. The Morgan fingerprint density at radius 3 is 3.06 bits per heavy atom. The molecule has 2 aliphatic rings. The average molecular weight is 249 g/mol. The van der Waals surface area contributed by atoms with Gasteiger partial charge in [-0.15, -0.1) is 0 Å². The number of benzene rings is 1. The summed E-state index contributed by atoms with van der Waals surface area (Å²) in [5.74, 6) is 1.73. The van der Waals surface area contributed by atoms with Gasteiger partial charge < -0.3 is 10.1 Å². The highest BCUT2D eigenvalue weighted by molar-refractivity contribution is 8.00. The number of ether oxygens (including phenoxy) is 1. The first kappa shape index (κ1) is 11.4. The number of hydrogen-bond acceptors (Lipinski definition) is 3. The largest absolute Gasteiger partial charge is 0.476 e. The second-order valence-electron chi connectivity index (χ2n) is 5.35. The quantitative estimate of drug-likeness (QED) is 0.824. The maximum Gasteiger partial charge on any atom is 0.153 e. The first-order valence-corrected chi connectivity index (χ1v) is 7.18. The van der Waals surface area contributed by atoms with E-state index in [4.69, 9.17) is 4.74 Å². The minimum absolute atomic E-state index is 0.105. The van der Waals surface area contributed by atoms with E-state index in [0.29, 0.717) is 5.92 Å². The molecule has 0 aromatic heterocycles. The Labute approximate surface area is 107 Å². The van der Waals surface area contributed by atoms with Crippen LogP contribution in [-0.2, 0) is 0 Å². The van der Waals surface area contributed by atoms with Crippen molar-refractivity contribution >= 4 is 11.8 Å². The highest BCUT2D eigenvalue weighted by Crippen LogP contribution is 2.47. The Balaban J connectivity index is 1.85. The fraction of sp³-hybridized carbons (Fsp3) is 0.571. The van der Waals surface area contributed by atoms with Gasteiger partial charge in [0, 0.05) is 6.54 Å². The molecule has 0 amide bonds. The topological polar surface area (TPSA) is 21.3 Å². The van der Waals surface area contributed by atoms with Gasteiger partial charge in [0.25, 0.3) is 0 Å². The third-order valence-corrected chi connectivity index (χ3v) is 4.58. The molecule has 0 spiro atoms. The van der Waals surface area contributed by atoms with E-state index in [9.17, 15) is 0 Å². The number of piperidine rings is 1. The fourth-order valence-corrected chi connectivity index (χ4v) is 3.63. The molecule has 92 valence electrons. The van der Waals surface area contributed by atoms with Crippen molar-refractivity contribution in [2.24, 2.45) is 0 Å². The minimum Gasteiger partial charge on any atom is -0.476 e. The zero-order valence-electron chi connectivity index (χ0n) is 10.5. The van der Waals surface area contributed by atoms with Gasteiger partial charge in [-0.3, -0.25) is 0 Å². The predicted octanol–water partition coefficient (Wildman–Crippen LogP) is 3.37. The molecule has 17 heavy (non-hydrogen) atoms. The van der Waals surface area contributed by atoms with Crippen LogP contribution in [0, 0.1) is 0 Å². The second-order valence-corrected chi connectivity index (χ2v) is 6.98. The van der Waals surface area contributed by atoms with E-state index in [2.05, 4.69) is 37.4 Å². The lowest BCUT2D eigenvalue weighted by atomic mass is 9.91. The molecule has 3 rings (SSSR count). The highest BCUT2D eigenvalue weighted by Gasteiger charge is 2.31. The normalized spacial score (nSPS) is 26.4. The molecule has 1 saturated heterocycles. The number of thioether (sulfide) groups is 1. The molecular weight excluding hydrogens is 230 g/mol. The highest BCUT2D eigenvalue weighted by atomic mass is 32.2. The van der Waals surface area contributed by atoms with Gasteiger partial charge in [0.1, 0.15) is 5.75 Å². The van der Waals surface area contributed by atoms with Gasteiger partial charge in [0.05, 0.1) is 4.90 Å². The molecule has 1 atom stereocenters. The molecule has 0 radical (unpaired) electrons. The third-order valence-electron chi connectivity index (χ3n) is 3.45. The van der Waals surface area contributed by atoms with Crippen molar-refractivity contribution in [2.75, 3.05) is 13.1 Å². The Morgan fingerprint density at radius 1 is 1.41 bits per heavy atom. The van der Waals surface area contributed by atoms with Crippen molar-refractivity contribution in [3.8, 4) is 5.75 Å². The SMILES string of the molecule is CC1(C)Oc2cc(C3CCCNC3)ccc2S1. The van der Waals surface area contributed by atoms with Crippen molar-refractivity contribution in [3.05, 3.63) is 23.8 Å². The van der Waals surface area contributed by atoms with Gasteiger partial charge in [-0.2, -0.15) is 0 Å². The van der Waals surface area contributed by atoms with Crippen LogP contribution in [0.1, 0.15) is 38.2 Å². The van der Waals surface area contributed by atoms with Crippen LogP contribution < -0.4 is 10.1 Å². The molecule has 1 unspecified atom stereocenters. The summed E-state index contributed by atoms with van der Waals surface area (Å²) in [5.41, 5.74) is 1.43. The van der Waals surface area contributed by atoms with Crippen LogP contribution in [0.15, 0.2) is 23.1 Å². The third kappa shape index (κ3) is 2.31. The molecule has 3 heteroatoms. The van der Waals surface area contributed by atoms with Crippen molar-refractivity contribution < 1.29 is 4.74 Å². The first-order chi connectivity index (χ1) is 8.14. The van der Waals surface area contributed by atoms with Crippen LogP contribution >= 0.6 is 11.8 Å². The van der Waals surface area contributed by atoms with Crippen molar-refractivity contribution in [1.29, 1.82) is 0 Å². The summed E-state index contributed by atoms with van der Waals surface area (Å²) < 4.78 is 5.97. The molecule has 0 saturated carbocycles. The van der Waals surface area contributed by atoms with E-state index in [1.54, 1.807) is 0 Å². The number of hydrogen-bond donors (Lipinski definition) is 1. The zero-order valence-corrected chi connectivity index (χ0v) is 11.3. The monoisotopic (exact) mass is 249 g/mol. The smallest absolute Gasteiger partial charge is 0.153 e. The fourth-order valence-electron chi connectivity index (χ4n) is 2.63. The number of nitrogens with one attached hydrogen (secondary N) is 1.